The molecule has 1 heterocycles. The zero-order valence-corrected chi connectivity index (χ0v) is 10.2. The van der Waals surface area contributed by atoms with Crippen molar-refractivity contribution < 1.29 is 8.78 Å². The van der Waals surface area contributed by atoms with E-state index < -0.39 is 11.6 Å². The Morgan fingerprint density at radius 2 is 1.94 bits per heavy atom. The van der Waals surface area contributed by atoms with Crippen LogP contribution in [0.2, 0.25) is 0 Å². The normalized spacial score (nSPS) is 12.6. The first kappa shape index (κ1) is 12.2. The second-order valence-electron chi connectivity index (χ2n) is 3.94. The first-order valence-electron chi connectivity index (χ1n) is 5.35. The zero-order valence-electron chi connectivity index (χ0n) is 9.41. The molecule has 0 saturated carbocycles. The average molecular weight is 253 g/mol. The zero-order chi connectivity index (χ0) is 12.3. The molecule has 1 N–H and O–H groups in total. The van der Waals surface area contributed by atoms with Crippen LogP contribution in [0.4, 0.5) is 8.78 Å². The third kappa shape index (κ3) is 3.35. The topological polar surface area (TPSA) is 12.0 Å². The van der Waals surface area contributed by atoms with Gasteiger partial charge in [-0.2, -0.15) is 11.3 Å². The van der Waals surface area contributed by atoms with Crippen molar-refractivity contribution in [3.63, 3.8) is 0 Å². The fourth-order valence-electron chi connectivity index (χ4n) is 1.62. The van der Waals surface area contributed by atoms with Gasteiger partial charge in [0.05, 0.1) is 0 Å². The number of thiophene rings is 1. The van der Waals surface area contributed by atoms with E-state index in [1.54, 1.807) is 11.3 Å². The summed E-state index contributed by atoms with van der Waals surface area (Å²) < 4.78 is 25.9. The van der Waals surface area contributed by atoms with Gasteiger partial charge < -0.3 is 5.32 Å². The highest BCUT2D eigenvalue weighted by atomic mass is 32.1. The lowest BCUT2D eigenvalue weighted by atomic mass is 10.1. The minimum absolute atomic E-state index is 0.174. The Kier molecular flexibility index (Phi) is 3.86. The number of benzene rings is 1. The van der Waals surface area contributed by atoms with Gasteiger partial charge in [-0.3, -0.25) is 0 Å². The van der Waals surface area contributed by atoms with E-state index in [1.165, 1.54) is 17.7 Å². The molecular weight excluding hydrogens is 240 g/mol. The van der Waals surface area contributed by atoms with Gasteiger partial charge in [-0.1, -0.05) is 0 Å². The number of hydrogen-bond donors (Lipinski definition) is 1. The first-order valence-corrected chi connectivity index (χ1v) is 6.30. The average Bonchev–Trinajstić information content (AvgIpc) is 2.78. The summed E-state index contributed by atoms with van der Waals surface area (Å²) in [4.78, 5) is 0. The predicted molar refractivity (Wildman–Crippen MR) is 65.9 cm³/mol. The smallest absolute Gasteiger partial charge is 0.126 e. The first-order chi connectivity index (χ1) is 8.15. The van der Waals surface area contributed by atoms with Crippen molar-refractivity contribution in [2.24, 2.45) is 0 Å². The molecule has 0 radical (unpaired) electrons. The van der Waals surface area contributed by atoms with Crippen LogP contribution in [0.25, 0.3) is 0 Å². The van der Waals surface area contributed by atoms with Gasteiger partial charge in [0.15, 0.2) is 0 Å². The molecular formula is C13H13F2NS. The second-order valence-corrected chi connectivity index (χ2v) is 4.72. The monoisotopic (exact) mass is 253 g/mol. The Bertz CT molecular complexity index is 462. The van der Waals surface area contributed by atoms with Gasteiger partial charge in [-0.25, -0.2) is 8.78 Å². The van der Waals surface area contributed by atoms with Crippen LogP contribution in [0.3, 0.4) is 0 Å². The van der Waals surface area contributed by atoms with Crippen molar-refractivity contribution in [1.29, 1.82) is 0 Å². The Morgan fingerprint density at radius 1 is 1.24 bits per heavy atom. The van der Waals surface area contributed by atoms with Crippen LogP contribution >= 0.6 is 11.3 Å². The van der Waals surface area contributed by atoms with Crippen molar-refractivity contribution in [2.45, 2.75) is 19.5 Å². The molecule has 4 heteroatoms. The van der Waals surface area contributed by atoms with E-state index in [4.69, 9.17) is 0 Å². The summed E-state index contributed by atoms with van der Waals surface area (Å²) in [6.07, 6.45) is 0. The highest BCUT2D eigenvalue weighted by Gasteiger charge is 2.06. The van der Waals surface area contributed by atoms with Gasteiger partial charge in [-0.15, -0.1) is 0 Å². The van der Waals surface area contributed by atoms with Gasteiger partial charge >= 0.3 is 0 Å². The van der Waals surface area contributed by atoms with Gasteiger partial charge in [-0.05, 0) is 47.0 Å². The van der Waals surface area contributed by atoms with E-state index in [0.717, 1.165) is 6.07 Å². The largest absolute Gasteiger partial charge is 0.306 e. The molecule has 2 aromatic rings. The summed E-state index contributed by atoms with van der Waals surface area (Å²) in [7, 11) is 0. The van der Waals surface area contributed by atoms with Crippen LogP contribution in [0.5, 0.6) is 0 Å². The number of rotatable bonds is 4. The van der Waals surface area contributed by atoms with Gasteiger partial charge in [0, 0.05) is 18.7 Å². The second kappa shape index (κ2) is 5.38. The Labute approximate surface area is 103 Å². The fraction of sp³-hybridized carbons (Fsp3) is 0.231. The molecule has 17 heavy (non-hydrogen) atoms. The fourth-order valence-corrected chi connectivity index (χ4v) is 2.38. The molecule has 90 valence electrons. The molecule has 0 aliphatic rings. The van der Waals surface area contributed by atoms with Crippen molar-refractivity contribution in [1.82, 2.24) is 5.32 Å². The molecule has 1 nitrogen and oxygen atoms in total. The SMILES string of the molecule is CC(NCc1cc(F)cc(F)c1)c1ccsc1. The summed E-state index contributed by atoms with van der Waals surface area (Å²) in [6, 6.07) is 5.78. The van der Waals surface area contributed by atoms with Crippen molar-refractivity contribution in [3.05, 3.63) is 57.8 Å². The van der Waals surface area contributed by atoms with Gasteiger partial charge in [0.25, 0.3) is 0 Å². The van der Waals surface area contributed by atoms with Crippen molar-refractivity contribution in [3.8, 4) is 0 Å². The number of hydrogen-bond acceptors (Lipinski definition) is 2. The molecule has 0 aliphatic heterocycles. The van der Waals surface area contributed by atoms with E-state index in [1.807, 2.05) is 18.4 Å². The lowest BCUT2D eigenvalue weighted by molar-refractivity contribution is 0.555. The number of nitrogens with one attached hydrogen (secondary N) is 1. The quantitative estimate of drug-likeness (QED) is 0.872. The third-order valence-electron chi connectivity index (χ3n) is 2.58. The van der Waals surface area contributed by atoms with Crippen LogP contribution in [0, 0.1) is 11.6 Å². The summed E-state index contributed by atoms with van der Waals surface area (Å²) in [5, 5.41) is 7.30. The molecule has 1 aromatic carbocycles. The maximum absolute atomic E-state index is 13.0. The van der Waals surface area contributed by atoms with Crippen molar-refractivity contribution in [2.75, 3.05) is 0 Å². The highest BCUT2D eigenvalue weighted by Crippen LogP contribution is 2.16. The Balaban J connectivity index is 1.98. The summed E-state index contributed by atoms with van der Waals surface area (Å²) in [5.74, 6) is -1.07. The van der Waals surface area contributed by atoms with Gasteiger partial charge in [0.2, 0.25) is 0 Å². The summed E-state index contributed by atoms with van der Waals surface area (Å²) in [5.41, 5.74) is 1.80. The molecule has 2 rings (SSSR count). The Morgan fingerprint density at radius 3 is 2.53 bits per heavy atom. The molecule has 0 bridgehead atoms. The molecule has 0 amide bonds. The third-order valence-corrected chi connectivity index (χ3v) is 3.28. The van der Waals surface area contributed by atoms with Crippen LogP contribution in [0.1, 0.15) is 24.1 Å². The molecule has 1 unspecified atom stereocenters. The maximum Gasteiger partial charge on any atom is 0.126 e. The molecule has 0 fully saturated rings. The predicted octanol–water partition coefficient (Wildman–Crippen LogP) is 3.88. The van der Waals surface area contributed by atoms with Crippen LogP contribution in [-0.2, 0) is 6.54 Å². The number of halogens is 2. The van der Waals surface area contributed by atoms with Crippen molar-refractivity contribution >= 4 is 11.3 Å². The van der Waals surface area contributed by atoms with E-state index in [9.17, 15) is 8.78 Å². The Hall–Kier alpha value is -1.26. The lowest BCUT2D eigenvalue weighted by Crippen LogP contribution is -2.17. The summed E-state index contributed by atoms with van der Waals surface area (Å²) in [6.45, 7) is 2.48. The molecule has 0 spiro atoms. The lowest BCUT2D eigenvalue weighted by Gasteiger charge is -2.12. The molecule has 0 saturated heterocycles. The standard InChI is InChI=1S/C13H13F2NS/c1-9(11-2-3-17-8-11)16-7-10-4-12(14)6-13(15)5-10/h2-6,8-9,16H,7H2,1H3. The molecule has 1 aromatic heterocycles. The minimum atomic E-state index is -0.537. The van der Waals surface area contributed by atoms with Gasteiger partial charge in [0.1, 0.15) is 11.6 Å². The van der Waals surface area contributed by atoms with E-state index in [-0.39, 0.29) is 6.04 Å². The van der Waals surface area contributed by atoms with E-state index in [2.05, 4.69) is 10.7 Å². The van der Waals surface area contributed by atoms with Crippen LogP contribution in [0.15, 0.2) is 35.0 Å². The van der Waals surface area contributed by atoms with E-state index in [0.29, 0.717) is 12.1 Å². The van der Waals surface area contributed by atoms with Crippen LogP contribution in [-0.4, -0.2) is 0 Å². The molecule has 0 aliphatic carbocycles. The maximum atomic E-state index is 13.0. The van der Waals surface area contributed by atoms with E-state index >= 15 is 0 Å². The highest BCUT2D eigenvalue weighted by molar-refractivity contribution is 7.07. The summed E-state index contributed by atoms with van der Waals surface area (Å²) >= 11 is 1.63. The minimum Gasteiger partial charge on any atom is -0.306 e. The van der Waals surface area contributed by atoms with Crippen LogP contribution < -0.4 is 5.32 Å². The molecule has 1 atom stereocenters.